The Balaban J connectivity index is 0.00000220. The van der Waals surface area contributed by atoms with Crippen LogP contribution in [0.1, 0.15) is 6.42 Å². The maximum absolute atomic E-state index is 12.0. The molecule has 1 aromatic carbocycles. The van der Waals surface area contributed by atoms with E-state index in [1.54, 1.807) is 32.4 Å². The van der Waals surface area contributed by atoms with E-state index in [1.807, 2.05) is 0 Å². The van der Waals surface area contributed by atoms with Crippen molar-refractivity contribution in [3.05, 3.63) is 18.2 Å². The number of carbonyl (C=O) groups excluding carboxylic acids is 1. The molecule has 0 spiro atoms. The number of anilines is 1. The Morgan fingerprint density at radius 1 is 1.33 bits per heavy atom. The number of halogens is 1. The Labute approximate surface area is 130 Å². The summed E-state index contributed by atoms with van der Waals surface area (Å²) in [5.74, 6) is 1.21. The summed E-state index contributed by atoms with van der Waals surface area (Å²) in [6.07, 6.45) is 0.375. The molecule has 6 nitrogen and oxygen atoms in total. The van der Waals surface area contributed by atoms with E-state index < -0.39 is 0 Å². The van der Waals surface area contributed by atoms with E-state index in [0.29, 0.717) is 36.8 Å². The largest absolute Gasteiger partial charge is 0.497 e. The minimum absolute atomic E-state index is 0. The molecular weight excluding hydrogens is 296 g/mol. The summed E-state index contributed by atoms with van der Waals surface area (Å²) in [7, 11) is 3.15. The van der Waals surface area contributed by atoms with Gasteiger partial charge in [-0.2, -0.15) is 0 Å². The van der Waals surface area contributed by atoms with E-state index in [4.69, 9.17) is 14.2 Å². The molecule has 1 aliphatic heterocycles. The molecule has 1 unspecified atom stereocenters. The van der Waals surface area contributed by atoms with Gasteiger partial charge in [0.05, 0.1) is 27.4 Å². The van der Waals surface area contributed by atoms with Crippen molar-refractivity contribution in [1.29, 1.82) is 0 Å². The van der Waals surface area contributed by atoms with Crippen molar-refractivity contribution in [1.82, 2.24) is 5.32 Å². The van der Waals surface area contributed by atoms with E-state index in [1.165, 1.54) is 0 Å². The summed E-state index contributed by atoms with van der Waals surface area (Å²) in [6.45, 7) is 2.05. The molecule has 7 heteroatoms. The highest BCUT2D eigenvalue weighted by Crippen LogP contribution is 2.25. The topological polar surface area (TPSA) is 68.8 Å². The number of methoxy groups -OCH3 is 2. The van der Waals surface area contributed by atoms with Gasteiger partial charge >= 0.3 is 0 Å². The molecule has 1 amide bonds. The zero-order chi connectivity index (χ0) is 14.4. The minimum atomic E-state index is -0.0664. The van der Waals surface area contributed by atoms with Gasteiger partial charge in [-0.3, -0.25) is 4.79 Å². The van der Waals surface area contributed by atoms with Gasteiger partial charge in [-0.1, -0.05) is 0 Å². The van der Waals surface area contributed by atoms with Crippen LogP contribution in [0.5, 0.6) is 11.5 Å². The van der Waals surface area contributed by atoms with E-state index >= 15 is 0 Å². The van der Waals surface area contributed by atoms with Crippen LogP contribution in [-0.4, -0.2) is 45.9 Å². The van der Waals surface area contributed by atoms with Crippen LogP contribution in [0.4, 0.5) is 5.69 Å². The zero-order valence-electron chi connectivity index (χ0n) is 12.2. The fourth-order valence-electron chi connectivity index (χ4n) is 2.07. The smallest absolute Gasteiger partial charge is 0.226 e. The number of morpholine rings is 1. The molecule has 21 heavy (non-hydrogen) atoms. The second-order valence-electron chi connectivity index (χ2n) is 4.58. The van der Waals surface area contributed by atoms with Crippen LogP contribution in [0.3, 0.4) is 0 Å². The van der Waals surface area contributed by atoms with Crippen LogP contribution in [0.25, 0.3) is 0 Å². The molecule has 2 rings (SSSR count). The lowest BCUT2D eigenvalue weighted by Gasteiger charge is -2.23. The van der Waals surface area contributed by atoms with Crippen LogP contribution >= 0.6 is 12.4 Å². The van der Waals surface area contributed by atoms with Gasteiger partial charge in [-0.15, -0.1) is 12.4 Å². The Kier molecular flexibility index (Phi) is 7.28. The second-order valence-corrected chi connectivity index (χ2v) is 4.58. The van der Waals surface area contributed by atoms with Gasteiger partial charge in [0.15, 0.2) is 0 Å². The van der Waals surface area contributed by atoms with Crippen molar-refractivity contribution in [2.45, 2.75) is 12.5 Å². The molecule has 1 saturated heterocycles. The molecule has 1 atom stereocenters. The Morgan fingerprint density at radius 2 is 2.00 bits per heavy atom. The highest BCUT2D eigenvalue weighted by Gasteiger charge is 2.17. The third-order valence-corrected chi connectivity index (χ3v) is 3.07. The number of hydrogen-bond acceptors (Lipinski definition) is 5. The first kappa shape index (κ1) is 17.6. The standard InChI is InChI=1S/C14H20N2O4.ClH/c1-18-12-5-10(6-13(8-12)19-2)16-14(17)7-11-9-20-4-3-15-11;/h5-6,8,11,15H,3-4,7,9H2,1-2H3,(H,16,17);1H. The van der Waals surface area contributed by atoms with Gasteiger partial charge in [0.1, 0.15) is 11.5 Å². The molecule has 0 bridgehead atoms. The zero-order valence-corrected chi connectivity index (χ0v) is 13.0. The number of carbonyl (C=O) groups is 1. The number of ether oxygens (including phenoxy) is 3. The van der Waals surface area contributed by atoms with E-state index in [0.717, 1.165) is 6.54 Å². The lowest BCUT2D eigenvalue weighted by atomic mass is 10.2. The summed E-state index contributed by atoms with van der Waals surface area (Å²) in [4.78, 5) is 12.0. The fraction of sp³-hybridized carbons (Fsp3) is 0.500. The summed E-state index contributed by atoms with van der Waals surface area (Å²) >= 11 is 0. The SMILES string of the molecule is COc1cc(NC(=O)CC2COCCN2)cc(OC)c1.Cl. The van der Waals surface area contributed by atoms with Crippen molar-refractivity contribution in [2.24, 2.45) is 0 Å². The molecule has 1 aromatic rings. The highest BCUT2D eigenvalue weighted by atomic mass is 35.5. The quantitative estimate of drug-likeness (QED) is 0.860. The molecular formula is C14H21ClN2O4. The summed E-state index contributed by atoms with van der Waals surface area (Å²) < 4.78 is 15.7. The molecule has 2 N–H and O–H groups in total. The summed E-state index contributed by atoms with van der Waals surface area (Å²) in [5.41, 5.74) is 0.655. The first-order valence-corrected chi connectivity index (χ1v) is 6.55. The molecule has 1 aliphatic rings. The monoisotopic (exact) mass is 316 g/mol. The van der Waals surface area contributed by atoms with Crippen molar-refractivity contribution in [3.63, 3.8) is 0 Å². The number of amides is 1. The molecule has 118 valence electrons. The van der Waals surface area contributed by atoms with Gasteiger partial charge in [-0.25, -0.2) is 0 Å². The molecule has 0 radical (unpaired) electrons. The fourth-order valence-corrected chi connectivity index (χ4v) is 2.07. The van der Waals surface area contributed by atoms with Crippen LogP contribution < -0.4 is 20.1 Å². The lowest BCUT2D eigenvalue weighted by molar-refractivity contribution is -0.117. The van der Waals surface area contributed by atoms with Crippen LogP contribution in [0, 0.1) is 0 Å². The number of rotatable bonds is 5. The first-order valence-electron chi connectivity index (χ1n) is 6.55. The average molecular weight is 317 g/mol. The predicted octanol–water partition coefficient (Wildman–Crippen LogP) is 1.44. The van der Waals surface area contributed by atoms with Gasteiger partial charge in [0.2, 0.25) is 5.91 Å². The number of nitrogens with one attached hydrogen (secondary N) is 2. The average Bonchev–Trinajstić information content (AvgIpc) is 2.47. The summed E-state index contributed by atoms with van der Waals surface area (Å²) in [6, 6.07) is 5.33. The summed E-state index contributed by atoms with van der Waals surface area (Å²) in [5, 5.41) is 6.09. The lowest BCUT2D eigenvalue weighted by Crippen LogP contribution is -2.43. The van der Waals surface area contributed by atoms with E-state index in [9.17, 15) is 4.79 Å². The van der Waals surface area contributed by atoms with Gasteiger partial charge in [-0.05, 0) is 0 Å². The Hall–Kier alpha value is -1.50. The van der Waals surface area contributed by atoms with Crippen LogP contribution in [0.15, 0.2) is 18.2 Å². The molecule has 1 fully saturated rings. The second kappa shape index (κ2) is 8.71. The van der Waals surface area contributed by atoms with Crippen molar-refractivity contribution in [3.8, 4) is 11.5 Å². The van der Waals surface area contributed by atoms with Crippen LogP contribution in [-0.2, 0) is 9.53 Å². The maximum atomic E-state index is 12.0. The predicted molar refractivity (Wildman–Crippen MR) is 82.7 cm³/mol. The molecule has 0 saturated carbocycles. The third kappa shape index (κ3) is 5.41. The molecule has 1 heterocycles. The molecule has 0 aromatic heterocycles. The van der Waals surface area contributed by atoms with Crippen molar-refractivity contribution in [2.75, 3.05) is 39.3 Å². The van der Waals surface area contributed by atoms with E-state index in [2.05, 4.69) is 10.6 Å². The van der Waals surface area contributed by atoms with Gasteiger partial charge in [0, 0.05) is 42.9 Å². The van der Waals surface area contributed by atoms with Gasteiger partial charge in [0.25, 0.3) is 0 Å². The third-order valence-electron chi connectivity index (χ3n) is 3.07. The molecule has 0 aliphatic carbocycles. The van der Waals surface area contributed by atoms with Crippen LogP contribution in [0.2, 0.25) is 0 Å². The normalized spacial score (nSPS) is 17.5. The first-order chi connectivity index (χ1) is 9.71. The maximum Gasteiger partial charge on any atom is 0.226 e. The Bertz CT molecular complexity index is 442. The van der Waals surface area contributed by atoms with Crippen molar-refractivity contribution < 1.29 is 19.0 Å². The van der Waals surface area contributed by atoms with Gasteiger partial charge < -0.3 is 24.8 Å². The highest BCUT2D eigenvalue weighted by molar-refractivity contribution is 5.91. The van der Waals surface area contributed by atoms with Crippen molar-refractivity contribution >= 4 is 24.0 Å². The Morgan fingerprint density at radius 3 is 2.52 bits per heavy atom. The number of benzene rings is 1. The number of hydrogen-bond donors (Lipinski definition) is 2. The minimum Gasteiger partial charge on any atom is -0.497 e. The van der Waals surface area contributed by atoms with E-state index in [-0.39, 0.29) is 24.4 Å².